The number of likely N-dealkylation sites (tertiary alicyclic amines) is 1. The maximum absolute atomic E-state index is 13.0. The molecule has 0 aliphatic carbocycles. The minimum absolute atomic E-state index is 0. The number of ether oxygens (including phenoxy) is 1. The van der Waals surface area contributed by atoms with Gasteiger partial charge in [0.15, 0.2) is 0 Å². The molecule has 1 unspecified atom stereocenters. The number of piperidine rings is 1. The number of carbonyl (C=O) groups excluding carboxylic acids is 1. The lowest BCUT2D eigenvalue weighted by Gasteiger charge is -2.34. The van der Waals surface area contributed by atoms with E-state index in [1.165, 1.54) is 18.4 Å². The topological polar surface area (TPSA) is 32.8 Å². The smallest absolute Gasteiger partial charge is 0.223 e. The Hall–Kier alpha value is -2.24. The number of benzene rings is 3. The van der Waals surface area contributed by atoms with Crippen molar-refractivity contribution in [1.82, 2.24) is 4.90 Å². The maximum atomic E-state index is 13.0. The van der Waals surface area contributed by atoms with Gasteiger partial charge in [-0.25, -0.2) is 0 Å². The van der Waals surface area contributed by atoms with Crippen molar-refractivity contribution < 1.29 is 9.53 Å². The van der Waals surface area contributed by atoms with Crippen molar-refractivity contribution in [2.24, 2.45) is 0 Å². The van der Waals surface area contributed by atoms with Crippen LogP contribution in [0.2, 0.25) is 10.0 Å². The maximum Gasteiger partial charge on any atom is 0.223 e. The molecule has 1 saturated heterocycles. The number of anilines is 1. The quantitative estimate of drug-likeness (QED) is 0.232. The molecule has 4 rings (SSSR count). The third kappa shape index (κ3) is 8.39. The summed E-state index contributed by atoms with van der Waals surface area (Å²) in [5, 5.41) is 1.08. The number of carbonyl (C=O) groups is 1. The third-order valence-electron chi connectivity index (χ3n) is 7.76. The van der Waals surface area contributed by atoms with E-state index >= 15 is 0 Å². The monoisotopic (exact) mass is 602 g/mol. The van der Waals surface area contributed by atoms with Crippen molar-refractivity contribution in [3.05, 3.63) is 93.5 Å². The molecular weight excluding hydrogens is 563 g/mol. The Morgan fingerprint density at radius 1 is 1.00 bits per heavy atom. The summed E-state index contributed by atoms with van der Waals surface area (Å²) in [7, 11) is 0. The molecule has 216 valence electrons. The molecule has 0 radical (unpaired) electrons. The Morgan fingerprint density at radius 2 is 1.70 bits per heavy atom. The van der Waals surface area contributed by atoms with Gasteiger partial charge >= 0.3 is 0 Å². The van der Waals surface area contributed by atoms with E-state index in [4.69, 9.17) is 27.9 Å². The summed E-state index contributed by atoms with van der Waals surface area (Å²) in [6.07, 6.45) is 3.31. The van der Waals surface area contributed by atoms with Crippen molar-refractivity contribution in [3.8, 4) is 5.75 Å². The predicted octanol–water partition coefficient (Wildman–Crippen LogP) is 8.92. The van der Waals surface area contributed by atoms with Crippen molar-refractivity contribution in [3.63, 3.8) is 0 Å². The molecule has 7 heteroatoms. The molecule has 1 fully saturated rings. The molecule has 40 heavy (non-hydrogen) atoms. The van der Waals surface area contributed by atoms with Crippen LogP contribution in [-0.2, 0) is 4.79 Å². The zero-order chi connectivity index (χ0) is 27.9. The van der Waals surface area contributed by atoms with Gasteiger partial charge in [0.2, 0.25) is 5.91 Å². The minimum Gasteiger partial charge on any atom is -0.491 e. The number of amides is 1. The van der Waals surface area contributed by atoms with Crippen LogP contribution in [0.15, 0.2) is 66.7 Å². The van der Waals surface area contributed by atoms with Gasteiger partial charge in [-0.15, -0.1) is 12.4 Å². The first-order valence-electron chi connectivity index (χ1n) is 14.0. The van der Waals surface area contributed by atoms with Gasteiger partial charge in [0, 0.05) is 24.9 Å². The lowest BCUT2D eigenvalue weighted by atomic mass is 9.89. The molecule has 3 aromatic rings. The van der Waals surface area contributed by atoms with Gasteiger partial charge in [-0.1, -0.05) is 65.7 Å². The van der Waals surface area contributed by atoms with E-state index in [2.05, 4.69) is 35.2 Å². The molecule has 1 heterocycles. The van der Waals surface area contributed by atoms with Gasteiger partial charge in [0.05, 0.1) is 21.8 Å². The largest absolute Gasteiger partial charge is 0.491 e. The fraction of sp³-hybridized carbons (Fsp3) is 0.424. The molecule has 1 amide bonds. The molecule has 0 bridgehead atoms. The minimum atomic E-state index is 0. The Labute approximate surface area is 256 Å². The fourth-order valence-electron chi connectivity index (χ4n) is 5.58. The average Bonchev–Trinajstić information content (AvgIpc) is 2.92. The van der Waals surface area contributed by atoms with E-state index in [9.17, 15) is 4.79 Å². The summed E-state index contributed by atoms with van der Waals surface area (Å²) in [5.41, 5.74) is 4.40. The van der Waals surface area contributed by atoms with Gasteiger partial charge in [-0.2, -0.15) is 0 Å². The third-order valence-corrected chi connectivity index (χ3v) is 8.50. The molecule has 0 spiro atoms. The Balaban J connectivity index is 0.00000441. The summed E-state index contributed by atoms with van der Waals surface area (Å²) in [4.78, 5) is 17.5. The Bertz CT molecular complexity index is 1240. The van der Waals surface area contributed by atoms with Gasteiger partial charge in [0.25, 0.3) is 0 Å². The second-order valence-corrected chi connectivity index (χ2v) is 11.7. The van der Waals surface area contributed by atoms with Crippen LogP contribution < -0.4 is 9.64 Å². The second-order valence-electron chi connectivity index (χ2n) is 10.9. The van der Waals surface area contributed by atoms with Crippen molar-refractivity contribution in [1.29, 1.82) is 0 Å². The fourth-order valence-corrected chi connectivity index (χ4v) is 5.88. The highest BCUT2D eigenvalue weighted by atomic mass is 35.5. The zero-order valence-electron chi connectivity index (χ0n) is 23.9. The average molecular weight is 604 g/mol. The highest BCUT2D eigenvalue weighted by Gasteiger charge is 2.25. The van der Waals surface area contributed by atoms with Gasteiger partial charge in [-0.3, -0.25) is 4.79 Å². The normalized spacial score (nSPS) is 15.0. The predicted molar refractivity (Wildman–Crippen MR) is 171 cm³/mol. The first-order valence-corrected chi connectivity index (χ1v) is 14.7. The summed E-state index contributed by atoms with van der Waals surface area (Å²) in [5.74, 6) is 1.55. The van der Waals surface area contributed by atoms with E-state index < -0.39 is 0 Å². The molecule has 3 aromatic carbocycles. The molecule has 0 N–H and O–H groups in total. The standard InChI is InChI=1S/C33H40Cl2N2O2.ClH/c1-23(2)39-33-12-8-11-32(24(33)3)37(25(4)38)22-29(28-13-14-30(34)31(35)21-28)17-20-36-18-15-27(16-19-36)26-9-6-5-7-10-26;/h5-14,21,23,27,29H,15-20,22H2,1-4H3;1H. The van der Waals surface area contributed by atoms with Crippen molar-refractivity contribution in [2.45, 2.75) is 64.9 Å². The van der Waals surface area contributed by atoms with E-state index in [-0.39, 0.29) is 30.3 Å². The molecule has 4 nitrogen and oxygen atoms in total. The molecule has 1 atom stereocenters. The van der Waals surface area contributed by atoms with E-state index in [0.29, 0.717) is 22.5 Å². The summed E-state index contributed by atoms with van der Waals surface area (Å²) < 4.78 is 6.02. The van der Waals surface area contributed by atoms with Crippen molar-refractivity contribution >= 4 is 47.2 Å². The highest BCUT2D eigenvalue weighted by Crippen LogP contribution is 2.34. The summed E-state index contributed by atoms with van der Waals surface area (Å²) in [6, 6.07) is 22.6. The number of rotatable bonds is 10. The molecular formula is C33H41Cl3N2O2. The van der Waals surface area contributed by atoms with Crippen molar-refractivity contribution in [2.75, 3.05) is 31.1 Å². The van der Waals surface area contributed by atoms with Crippen LogP contribution in [0.1, 0.15) is 68.6 Å². The van der Waals surface area contributed by atoms with E-state index in [0.717, 1.165) is 48.6 Å². The van der Waals surface area contributed by atoms with E-state index in [1.807, 2.05) is 62.1 Å². The summed E-state index contributed by atoms with van der Waals surface area (Å²) in [6.45, 7) is 11.4. The second kappa shape index (κ2) is 15.1. The molecule has 1 aliphatic rings. The molecule has 1 aliphatic heterocycles. The molecule has 0 aromatic heterocycles. The van der Waals surface area contributed by atoms with Crippen LogP contribution >= 0.6 is 35.6 Å². The number of hydrogen-bond donors (Lipinski definition) is 0. The first kappa shape index (κ1) is 32.3. The first-order chi connectivity index (χ1) is 18.7. The summed E-state index contributed by atoms with van der Waals surface area (Å²) >= 11 is 12.7. The number of hydrogen-bond acceptors (Lipinski definition) is 3. The lowest BCUT2D eigenvalue weighted by Crippen LogP contribution is -2.37. The number of nitrogens with zero attached hydrogens (tertiary/aromatic N) is 2. The van der Waals surface area contributed by atoms with Crippen LogP contribution in [0.3, 0.4) is 0 Å². The van der Waals surface area contributed by atoms with Crippen LogP contribution in [0.5, 0.6) is 5.75 Å². The van der Waals surface area contributed by atoms with Crippen LogP contribution in [-0.4, -0.2) is 43.1 Å². The van der Waals surface area contributed by atoms with Gasteiger partial charge in [0.1, 0.15) is 5.75 Å². The van der Waals surface area contributed by atoms with Crippen LogP contribution in [0, 0.1) is 6.92 Å². The molecule has 0 saturated carbocycles. The van der Waals surface area contributed by atoms with Crippen LogP contribution in [0.25, 0.3) is 0 Å². The Morgan fingerprint density at radius 3 is 2.33 bits per heavy atom. The zero-order valence-corrected chi connectivity index (χ0v) is 26.2. The van der Waals surface area contributed by atoms with E-state index in [1.54, 1.807) is 6.92 Å². The number of halogens is 3. The SMILES string of the molecule is CC(=O)N(CC(CCN1CCC(c2ccccc2)CC1)c1ccc(Cl)c(Cl)c1)c1cccc(OC(C)C)c1C.Cl. The lowest BCUT2D eigenvalue weighted by molar-refractivity contribution is -0.116. The van der Waals surface area contributed by atoms with Crippen LogP contribution in [0.4, 0.5) is 5.69 Å². The Kier molecular flexibility index (Phi) is 12.2. The highest BCUT2D eigenvalue weighted by molar-refractivity contribution is 6.42. The van der Waals surface area contributed by atoms with Gasteiger partial charge < -0.3 is 14.5 Å². The van der Waals surface area contributed by atoms with Gasteiger partial charge in [-0.05, 0) is 101 Å².